The van der Waals surface area contributed by atoms with Crippen LogP contribution in [0, 0.1) is 0 Å². The topological polar surface area (TPSA) is 46.5 Å². The number of carbonyl (C=O) groups is 1. The lowest BCUT2D eigenvalue weighted by Crippen LogP contribution is -2.15. The van der Waals surface area contributed by atoms with Crippen molar-refractivity contribution < 1.29 is 23.4 Å². The maximum Gasteiger partial charge on any atom is 0.307 e. The number of aliphatic carboxylic acids is 1. The van der Waals surface area contributed by atoms with Crippen LogP contribution in [0.3, 0.4) is 0 Å². The molecular weight excluding hydrogens is 218 g/mol. The van der Waals surface area contributed by atoms with Gasteiger partial charge in [-0.1, -0.05) is 12.1 Å². The highest BCUT2D eigenvalue weighted by atomic mass is 19.3. The van der Waals surface area contributed by atoms with Crippen molar-refractivity contribution in [1.29, 1.82) is 0 Å². The molecule has 0 unspecified atom stereocenters. The van der Waals surface area contributed by atoms with Crippen LogP contribution in [0.4, 0.5) is 8.78 Å². The summed E-state index contributed by atoms with van der Waals surface area (Å²) in [6.45, 7) is 0.718. The molecule has 3 nitrogen and oxygen atoms in total. The Labute approximate surface area is 91.7 Å². The van der Waals surface area contributed by atoms with Crippen LogP contribution in [0.25, 0.3) is 0 Å². The monoisotopic (exact) mass is 230 g/mol. The first kappa shape index (κ1) is 12.4. The SMILES string of the molecule is COc1cccc(CC(=O)O)c1C(C)(F)F. The molecule has 0 aliphatic heterocycles. The lowest BCUT2D eigenvalue weighted by molar-refractivity contribution is -0.136. The molecule has 0 heterocycles. The minimum Gasteiger partial charge on any atom is -0.496 e. The number of hydrogen-bond donors (Lipinski definition) is 1. The van der Waals surface area contributed by atoms with Gasteiger partial charge in [-0.25, -0.2) is 8.78 Å². The molecule has 0 aliphatic carbocycles. The van der Waals surface area contributed by atoms with E-state index in [0.29, 0.717) is 0 Å². The molecule has 1 aromatic carbocycles. The van der Waals surface area contributed by atoms with Gasteiger partial charge in [0, 0.05) is 6.92 Å². The van der Waals surface area contributed by atoms with Crippen LogP contribution in [-0.2, 0) is 17.1 Å². The van der Waals surface area contributed by atoms with Crippen LogP contribution < -0.4 is 4.74 Å². The van der Waals surface area contributed by atoms with Crippen molar-refractivity contribution in [3.8, 4) is 5.75 Å². The number of ether oxygens (including phenoxy) is 1. The van der Waals surface area contributed by atoms with E-state index in [-0.39, 0.29) is 16.9 Å². The number of methoxy groups -OCH3 is 1. The van der Waals surface area contributed by atoms with Crippen LogP contribution in [0.5, 0.6) is 5.75 Å². The van der Waals surface area contributed by atoms with Crippen LogP contribution >= 0.6 is 0 Å². The highest BCUT2D eigenvalue weighted by molar-refractivity contribution is 5.71. The van der Waals surface area contributed by atoms with Gasteiger partial charge in [-0.2, -0.15) is 0 Å². The molecule has 1 rings (SSSR count). The molecule has 0 spiro atoms. The summed E-state index contributed by atoms with van der Waals surface area (Å²) in [6.07, 6.45) is -0.448. The molecule has 16 heavy (non-hydrogen) atoms. The Bertz CT molecular complexity index is 397. The molecule has 0 radical (unpaired) electrons. The minimum absolute atomic E-state index is 0.00579. The van der Waals surface area contributed by atoms with Gasteiger partial charge in [-0.05, 0) is 11.6 Å². The Morgan fingerprint density at radius 2 is 2.12 bits per heavy atom. The van der Waals surface area contributed by atoms with Crippen molar-refractivity contribution in [2.45, 2.75) is 19.3 Å². The zero-order chi connectivity index (χ0) is 12.3. The number of hydrogen-bond acceptors (Lipinski definition) is 2. The molecule has 88 valence electrons. The molecule has 0 saturated carbocycles. The lowest BCUT2D eigenvalue weighted by Gasteiger charge is -2.18. The number of carboxylic acid groups (broad SMARTS) is 1. The van der Waals surface area contributed by atoms with Crippen LogP contribution in [-0.4, -0.2) is 18.2 Å². The molecular formula is C11H12F2O3. The average Bonchev–Trinajstić information content (AvgIpc) is 2.14. The van der Waals surface area contributed by atoms with Gasteiger partial charge in [0.15, 0.2) is 0 Å². The number of alkyl halides is 2. The normalized spacial score (nSPS) is 11.2. The molecule has 0 saturated heterocycles. The van der Waals surface area contributed by atoms with E-state index in [9.17, 15) is 13.6 Å². The fourth-order valence-corrected chi connectivity index (χ4v) is 1.56. The number of carboxylic acids is 1. The van der Waals surface area contributed by atoms with E-state index < -0.39 is 18.3 Å². The van der Waals surface area contributed by atoms with E-state index >= 15 is 0 Å². The molecule has 0 aliphatic rings. The Morgan fingerprint density at radius 1 is 1.50 bits per heavy atom. The van der Waals surface area contributed by atoms with E-state index in [2.05, 4.69) is 0 Å². The van der Waals surface area contributed by atoms with Crippen molar-refractivity contribution in [2.24, 2.45) is 0 Å². The van der Waals surface area contributed by atoms with Gasteiger partial charge in [0.25, 0.3) is 5.92 Å². The summed E-state index contributed by atoms with van der Waals surface area (Å²) >= 11 is 0. The Morgan fingerprint density at radius 3 is 2.56 bits per heavy atom. The summed E-state index contributed by atoms with van der Waals surface area (Å²) in [5.74, 6) is -4.28. The zero-order valence-electron chi connectivity index (χ0n) is 8.96. The summed E-state index contributed by atoms with van der Waals surface area (Å²) in [6, 6.07) is 4.24. The fraction of sp³-hybridized carbons (Fsp3) is 0.364. The van der Waals surface area contributed by atoms with Gasteiger partial charge < -0.3 is 9.84 Å². The van der Waals surface area contributed by atoms with Crippen molar-refractivity contribution in [3.63, 3.8) is 0 Å². The standard InChI is InChI=1S/C11H12F2O3/c1-11(12,13)10-7(6-9(14)15)4-3-5-8(10)16-2/h3-5H,6H2,1-2H3,(H,14,15). The van der Waals surface area contributed by atoms with Gasteiger partial charge in [-0.15, -0.1) is 0 Å². The van der Waals surface area contributed by atoms with E-state index in [0.717, 1.165) is 6.92 Å². The molecule has 0 fully saturated rings. The first-order chi connectivity index (χ1) is 7.36. The van der Waals surface area contributed by atoms with Crippen molar-refractivity contribution >= 4 is 5.97 Å². The van der Waals surface area contributed by atoms with Gasteiger partial charge in [0.05, 0.1) is 19.1 Å². The number of benzene rings is 1. The second-order valence-electron chi connectivity index (χ2n) is 3.45. The Hall–Kier alpha value is -1.65. The molecule has 0 amide bonds. The quantitative estimate of drug-likeness (QED) is 0.864. The van der Waals surface area contributed by atoms with Crippen LogP contribution in [0.15, 0.2) is 18.2 Å². The average molecular weight is 230 g/mol. The highest BCUT2D eigenvalue weighted by Crippen LogP contribution is 2.37. The molecule has 5 heteroatoms. The molecule has 1 N–H and O–H groups in total. The maximum absolute atomic E-state index is 13.3. The number of halogens is 2. The first-order valence-corrected chi connectivity index (χ1v) is 4.62. The second kappa shape index (κ2) is 4.47. The third-order valence-corrected chi connectivity index (χ3v) is 2.11. The maximum atomic E-state index is 13.3. The Balaban J connectivity index is 3.32. The molecule has 0 atom stereocenters. The summed E-state index contributed by atoms with van der Waals surface area (Å²) in [7, 11) is 1.27. The van der Waals surface area contributed by atoms with E-state index in [4.69, 9.17) is 9.84 Å². The minimum atomic E-state index is -3.13. The van der Waals surface area contributed by atoms with E-state index in [1.807, 2.05) is 0 Å². The predicted octanol–water partition coefficient (Wildman–Crippen LogP) is 2.43. The third-order valence-electron chi connectivity index (χ3n) is 2.11. The van der Waals surface area contributed by atoms with Crippen molar-refractivity contribution in [2.75, 3.05) is 7.11 Å². The van der Waals surface area contributed by atoms with Crippen LogP contribution in [0.1, 0.15) is 18.1 Å². The smallest absolute Gasteiger partial charge is 0.307 e. The lowest BCUT2D eigenvalue weighted by atomic mass is 9.99. The van der Waals surface area contributed by atoms with Gasteiger partial charge in [0.2, 0.25) is 0 Å². The predicted molar refractivity (Wildman–Crippen MR) is 53.9 cm³/mol. The van der Waals surface area contributed by atoms with Crippen LogP contribution in [0.2, 0.25) is 0 Å². The number of rotatable bonds is 4. The van der Waals surface area contributed by atoms with Gasteiger partial charge in [0.1, 0.15) is 5.75 Å². The van der Waals surface area contributed by atoms with Gasteiger partial charge in [-0.3, -0.25) is 4.79 Å². The van der Waals surface area contributed by atoms with Crippen molar-refractivity contribution in [3.05, 3.63) is 29.3 Å². The highest BCUT2D eigenvalue weighted by Gasteiger charge is 2.31. The summed E-state index contributed by atoms with van der Waals surface area (Å²) in [5.41, 5.74) is -0.292. The second-order valence-corrected chi connectivity index (χ2v) is 3.45. The third kappa shape index (κ3) is 2.68. The first-order valence-electron chi connectivity index (χ1n) is 4.62. The summed E-state index contributed by atoms with van der Waals surface area (Å²) < 4.78 is 31.5. The largest absolute Gasteiger partial charge is 0.496 e. The Kier molecular flexibility index (Phi) is 3.47. The summed E-state index contributed by atoms with van der Waals surface area (Å²) in [4.78, 5) is 10.6. The van der Waals surface area contributed by atoms with Gasteiger partial charge >= 0.3 is 5.97 Å². The van der Waals surface area contributed by atoms with E-state index in [1.165, 1.54) is 25.3 Å². The molecule has 0 bridgehead atoms. The summed E-state index contributed by atoms with van der Waals surface area (Å²) in [5, 5.41) is 8.63. The fourth-order valence-electron chi connectivity index (χ4n) is 1.56. The zero-order valence-corrected chi connectivity index (χ0v) is 8.96. The molecule has 1 aromatic rings. The van der Waals surface area contributed by atoms with E-state index in [1.54, 1.807) is 0 Å². The van der Waals surface area contributed by atoms with Crippen molar-refractivity contribution in [1.82, 2.24) is 0 Å². The molecule has 0 aromatic heterocycles.